The lowest BCUT2D eigenvalue weighted by atomic mass is 9.98. The van der Waals surface area contributed by atoms with Crippen LogP contribution in [0.1, 0.15) is 23.3 Å². The van der Waals surface area contributed by atoms with Crippen LogP contribution in [0.4, 0.5) is 10.1 Å². The van der Waals surface area contributed by atoms with Gasteiger partial charge in [0.1, 0.15) is 5.82 Å². The summed E-state index contributed by atoms with van der Waals surface area (Å²) in [5.41, 5.74) is 2.39. The van der Waals surface area contributed by atoms with E-state index in [1.54, 1.807) is 18.3 Å². The Hall–Kier alpha value is -2.73. The first-order valence-electron chi connectivity index (χ1n) is 8.02. The van der Waals surface area contributed by atoms with E-state index in [4.69, 9.17) is 12.2 Å². The number of thiocarbonyl (C=S) groups is 1. The number of aryl methyl sites for hydroxylation is 1. The van der Waals surface area contributed by atoms with Gasteiger partial charge in [-0.05, 0) is 48.1 Å². The smallest absolute Gasteiger partial charge is 0.174 e. The maximum atomic E-state index is 14.5. The second-order valence-corrected chi connectivity index (χ2v) is 6.45. The molecule has 0 radical (unpaired) electrons. The van der Waals surface area contributed by atoms with E-state index in [-0.39, 0.29) is 17.9 Å². The number of halogens is 1. The van der Waals surface area contributed by atoms with E-state index in [9.17, 15) is 4.39 Å². The summed E-state index contributed by atoms with van der Waals surface area (Å²) in [6, 6.07) is 14.2. The van der Waals surface area contributed by atoms with Gasteiger partial charge in [0.05, 0.1) is 23.5 Å². The summed E-state index contributed by atoms with van der Waals surface area (Å²) in [5, 5.41) is 3.82. The highest BCUT2D eigenvalue weighted by atomic mass is 32.1. The predicted octanol–water partition coefficient (Wildman–Crippen LogP) is 3.74. The number of nitrogens with one attached hydrogen (secondary N) is 1. The molecule has 1 aliphatic heterocycles. The Kier molecular flexibility index (Phi) is 3.97. The molecule has 0 aliphatic carbocycles. The maximum Gasteiger partial charge on any atom is 0.174 e. The molecule has 3 aromatic rings. The van der Waals surface area contributed by atoms with Gasteiger partial charge in [0.15, 0.2) is 5.11 Å². The molecule has 0 bridgehead atoms. The predicted molar refractivity (Wildman–Crippen MR) is 99.7 cm³/mol. The highest BCUT2D eigenvalue weighted by molar-refractivity contribution is 7.80. The molecule has 2 aromatic heterocycles. The molecule has 1 N–H and O–H groups in total. The minimum atomic E-state index is -0.297. The van der Waals surface area contributed by atoms with Crippen LogP contribution >= 0.6 is 12.2 Å². The van der Waals surface area contributed by atoms with Crippen LogP contribution < -0.4 is 10.2 Å². The quantitative estimate of drug-likeness (QED) is 0.728. The highest BCUT2D eigenvalue weighted by Crippen LogP contribution is 2.42. The monoisotopic (exact) mass is 352 g/mol. The van der Waals surface area contributed by atoms with E-state index in [1.165, 1.54) is 6.07 Å². The topological polar surface area (TPSA) is 33.1 Å². The Bertz CT molecular complexity index is 909. The maximum absolute atomic E-state index is 14.5. The minimum Gasteiger partial charge on any atom is -0.357 e. The first kappa shape index (κ1) is 15.8. The summed E-state index contributed by atoms with van der Waals surface area (Å²) in [7, 11) is 1.97. The van der Waals surface area contributed by atoms with Gasteiger partial charge in [0, 0.05) is 25.6 Å². The Morgan fingerprint density at radius 3 is 2.60 bits per heavy atom. The summed E-state index contributed by atoms with van der Waals surface area (Å²) in [6.07, 6.45) is 5.77. The lowest BCUT2D eigenvalue weighted by Crippen LogP contribution is -2.30. The minimum absolute atomic E-state index is 0.157. The molecule has 4 rings (SSSR count). The van der Waals surface area contributed by atoms with E-state index >= 15 is 0 Å². The zero-order valence-electron chi connectivity index (χ0n) is 13.6. The fraction of sp³-hybridized carbons (Fsp3) is 0.158. The highest BCUT2D eigenvalue weighted by Gasteiger charge is 2.41. The van der Waals surface area contributed by atoms with Gasteiger partial charge in [0.25, 0.3) is 0 Å². The van der Waals surface area contributed by atoms with Crippen molar-refractivity contribution in [2.24, 2.45) is 7.05 Å². The summed E-state index contributed by atoms with van der Waals surface area (Å²) in [5.74, 6) is -0.297. The van der Waals surface area contributed by atoms with Gasteiger partial charge >= 0.3 is 0 Å². The first-order valence-corrected chi connectivity index (χ1v) is 8.43. The van der Waals surface area contributed by atoms with Crippen LogP contribution in [-0.4, -0.2) is 14.7 Å². The third-order valence-electron chi connectivity index (χ3n) is 4.41. The Morgan fingerprint density at radius 2 is 1.92 bits per heavy atom. The molecule has 1 aliphatic rings. The summed E-state index contributed by atoms with van der Waals surface area (Å²) >= 11 is 5.56. The van der Waals surface area contributed by atoms with Gasteiger partial charge < -0.3 is 14.8 Å². The third kappa shape index (κ3) is 2.78. The van der Waals surface area contributed by atoms with Crippen molar-refractivity contribution in [3.05, 3.63) is 84.2 Å². The molecule has 0 saturated carbocycles. The molecule has 1 saturated heterocycles. The van der Waals surface area contributed by atoms with Crippen LogP contribution in [0.5, 0.6) is 0 Å². The summed E-state index contributed by atoms with van der Waals surface area (Å²) < 4.78 is 16.5. The van der Waals surface area contributed by atoms with E-state index in [1.807, 2.05) is 59.2 Å². The van der Waals surface area contributed by atoms with Crippen molar-refractivity contribution in [2.75, 3.05) is 4.90 Å². The van der Waals surface area contributed by atoms with Crippen molar-refractivity contribution in [1.82, 2.24) is 14.9 Å². The van der Waals surface area contributed by atoms with Crippen molar-refractivity contribution < 1.29 is 4.39 Å². The van der Waals surface area contributed by atoms with Crippen LogP contribution in [0.25, 0.3) is 0 Å². The lowest BCUT2D eigenvalue weighted by molar-refractivity contribution is 0.558. The second-order valence-electron chi connectivity index (χ2n) is 6.06. The van der Waals surface area contributed by atoms with E-state index in [0.29, 0.717) is 10.8 Å². The molecule has 6 heteroatoms. The van der Waals surface area contributed by atoms with Gasteiger partial charge in [-0.15, -0.1) is 0 Å². The average molecular weight is 352 g/mol. The van der Waals surface area contributed by atoms with Crippen LogP contribution in [-0.2, 0) is 7.05 Å². The molecular formula is C19H17FN4S. The molecule has 2 atom stereocenters. The number of pyridine rings is 1. The molecule has 4 nitrogen and oxygen atoms in total. The summed E-state index contributed by atoms with van der Waals surface area (Å²) in [6.45, 7) is 0. The van der Waals surface area contributed by atoms with Crippen molar-refractivity contribution in [3.63, 3.8) is 0 Å². The molecular weight excluding hydrogens is 335 g/mol. The van der Waals surface area contributed by atoms with Gasteiger partial charge in [-0.1, -0.05) is 18.2 Å². The molecule has 0 unspecified atom stereocenters. The van der Waals surface area contributed by atoms with E-state index in [2.05, 4.69) is 10.3 Å². The molecule has 1 fully saturated rings. The fourth-order valence-electron chi connectivity index (χ4n) is 3.30. The number of hydrogen-bond acceptors (Lipinski definition) is 2. The van der Waals surface area contributed by atoms with Gasteiger partial charge in [-0.25, -0.2) is 4.39 Å². The zero-order valence-corrected chi connectivity index (χ0v) is 14.4. The van der Waals surface area contributed by atoms with Crippen LogP contribution in [0.3, 0.4) is 0 Å². The van der Waals surface area contributed by atoms with Crippen LogP contribution in [0, 0.1) is 5.82 Å². The van der Waals surface area contributed by atoms with Crippen molar-refractivity contribution in [3.8, 4) is 0 Å². The van der Waals surface area contributed by atoms with E-state index in [0.717, 1.165) is 11.3 Å². The van der Waals surface area contributed by atoms with Gasteiger partial charge in [-0.3, -0.25) is 4.98 Å². The molecule has 1 aromatic carbocycles. The Balaban J connectivity index is 1.85. The van der Waals surface area contributed by atoms with Crippen LogP contribution in [0.15, 0.2) is 67.1 Å². The van der Waals surface area contributed by atoms with Crippen molar-refractivity contribution >= 4 is 23.0 Å². The third-order valence-corrected chi connectivity index (χ3v) is 4.72. The molecule has 126 valence electrons. The molecule has 0 spiro atoms. The van der Waals surface area contributed by atoms with Crippen molar-refractivity contribution in [1.29, 1.82) is 0 Å². The van der Waals surface area contributed by atoms with Gasteiger partial charge in [0.2, 0.25) is 0 Å². The average Bonchev–Trinajstić information content (AvgIpc) is 3.19. The van der Waals surface area contributed by atoms with Crippen molar-refractivity contribution in [2.45, 2.75) is 12.1 Å². The number of nitrogens with zero attached hydrogens (tertiary/aromatic N) is 3. The van der Waals surface area contributed by atoms with Crippen LogP contribution in [0.2, 0.25) is 0 Å². The normalized spacial score (nSPS) is 19.9. The first-order chi connectivity index (χ1) is 12.1. The van der Waals surface area contributed by atoms with Gasteiger partial charge in [-0.2, -0.15) is 0 Å². The lowest BCUT2D eigenvalue weighted by Gasteiger charge is -2.27. The number of benzene rings is 1. The molecule has 0 amide bonds. The molecule has 25 heavy (non-hydrogen) atoms. The number of anilines is 1. The number of aromatic nitrogens is 2. The Morgan fingerprint density at radius 1 is 1.12 bits per heavy atom. The fourth-order valence-corrected chi connectivity index (χ4v) is 3.64. The SMILES string of the molecule is Cn1ccc([C@@H]2[C@H](c3ccccn3)NC(=S)N2c2ccccc2F)c1. The molecule has 3 heterocycles. The number of rotatable bonds is 3. The number of para-hydroxylation sites is 1. The summed E-state index contributed by atoms with van der Waals surface area (Å²) in [4.78, 5) is 6.33. The second kappa shape index (κ2) is 6.29. The van der Waals surface area contributed by atoms with E-state index < -0.39 is 0 Å². The standard InChI is InChI=1S/C19H17FN4S/c1-23-11-9-13(12-23)18-17(15-7-4-5-10-21-15)22-19(25)24(18)16-8-3-2-6-14(16)20/h2-12,17-18H,1H3,(H,22,25)/t17-,18+/m0/s1. The number of hydrogen-bond donors (Lipinski definition) is 1. The largest absolute Gasteiger partial charge is 0.357 e. The Labute approximate surface area is 150 Å². The zero-order chi connectivity index (χ0) is 17.4.